The van der Waals surface area contributed by atoms with Crippen LogP contribution in [0.4, 0.5) is 8.78 Å². The lowest BCUT2D eigenvalue weighted by Gasteiger charge is -2.21. The second-order valence-corrected chi connectivity index (χ2v) is 5.14. The number of aryl methyl sites for hydroxylation is 1. The van der Waals surface area contributed by atoms with Crippen LogP contribution < -0.4 is 5.32 Å². The number of nitrogens with one attached hydrogen (secondary N) is 1. The molecule has 1 heterocycles. The molecule has 2 aromatic rings. The Kier molecular flexibility index (Phi) is 5.31. The van der Waals surface area contributed by atoms with Crippen LogP contribution in [-0.2, 0) is 6.54 Å². The van der Waals surface area contributed by atoms with Gasteiger partial charge in [-0.2, -0.15) is 5.10 Å². The monoisotopic (exact) mass is 313 g/mol. The van der Waals surface area contributed by atoms with E-state index in [0.717, 1.165) is 12.5 Å². The van der Waals surface area contributed by atoms with Gasteiger partial charge in [-0.1, -0.05) is 37.6 Å². The van der Waals surface area contributed by atoms with Gasteiger partial charge in [0.25, 0.3) is 0 Å². The molecule has 0 aliphatic rings. The number of hydrogen-bond donors (Lipinski definition) is 1. The zero-order valence-corrected chi connectivity index (χ0v) is 12.8. The predicted octanol–water partition coefficient (Wildman–Crippen LogP) is 3.92. The van der Waals surface area contributed by atoms with Crippen LogP contribution in [0.25, 0.3) is 0 Å². The minimum atomic E-state index is -0.868. The first-order valence-electron chi connectivity index (χ1n) is 6.98. The molecule has 0 saturated carbocycles. The van der Waals surface area contributed by atoms with Crippen LogP contribution in [0, 0.1) is 11.6 Å². The summed E-state index contributed by atoms with van der Waals surface area (Å²) < 4.78 is 29.4. The summed E-state index contributed by atoms with van der Waals surface area (Å²) in [6, 6.07) is 3.62. The summed E-state index contributed by atoms with van der Waals surface area (Å²) in [6.45, 7) is 5.18. The van der Waals surface area contributed by atoms with E-state index in [2.05, 4.69) is 10.4 Å². The molecule has 0 bridgehead atoms. The molecule has 0 aliphatic heterocycles. The molecule has 0 saturated heterocycles. The van der Waals surface area contributed by atoms with Crippen LogP contribution in [0.15, 0.2) is 24.4 Å². The van der Waals surface area contributed by atoms with Crippen molar-refractivity contribution >= 4 is 11.6 Å². The van der Waals surface area contributed by atoms with Gasteiger partial charge in [0.1, 0.15) is 0 Å². The van der Waals surface area contributed by atoms with Crippen LogP contribution in [-0.4, -0.2) is 16.3 Å². The van der Waals surface area contributed by atoms with Crippen molar-refractivity contribution < 1.29 is 8.78 Å². The van der Waals surface area contributed by atoms with Crippen molar-refractivity contribution in [2.24, 2.45) is 0 Å². The molecular weight excluding hydrogens is 296 g/mol. The molecule has 1 unspecified atom stereocenters. The zero-order valence-electron chi connectivity index (χ0n) is 12.0. The molecule has 21 heavy (non-hydrogen) atoms. The third kappa shape index (κ3) is 3.24. The first kappa shape index (κ1) is 15.9. The highest BCUT2D eigenvalue weighted by molar-refractivity contribution is 6.31. The summed E-state index contributed by atoms with van der Waals surface area (Å²) in [5, 5.41) is 7.81. The van der Waals surface area contributed by atoms with Crippen molar-refractivity contribution in [2.45, 2.75) is 32.9 Å². The van der Waals surface area contributed by atoms with Crippen molar-refractivity contribution in [3.8, 4) is 0 Å². The third-order valence-corrected chi connectivity index (χ3v) is 3.53. The van der Waals surface area contributed by atoms with Gasteiger partial charge in [-0.3, -0.25) is 4.68 Å². The SMILES string of the molecule is CCCn1ncc(Cl)c1C(NCC)c1cccc(F)c1F. The maximum atomic E-state index is 14.1. The average molecular weight is 314 g/mol. The average Bonchev–Trinajstić information content (AvgIpc) is 2.81. The fraction of sp³-hybridized carbons (Fsp3) is 0.400. The lowest BCUT2D eigenvalue weighted by molar-refractivity contribution is 0.468. The Morgan fingerprint density at radius 3 is 2.76 bits per heavy atom. The van der Waals surface area contributed by atoms with Gasteiger partial charge in [0.05, 0.1) is 23.0 Å². The van der Waals surface area contributed by atoms with Gasteiger partial charge < -0.3 is 5.32 Å². The van der Waals surface area contributed by atoms with Crippen LogP contribution in [0.5, 0.6) is 0 Å². The second kappa shape index (κ2) is 7.00. The predicted molar refractivity (Wildman–Crippen MR) is 79.4 cm³/mol. The van der Waals surface area contributed by atoms with Gasteiger partial charge >= 0.3 is 0 Å². The standard InChI is InChI=1S/C15H18ClF2N3/c1-3-8-21-15(11(16)9-20-21)14(19-4-2)10-6-5-7-12(17)13(10)18/h5-7,9,14,19H,3-4,8H2,1-2H3. The highest BCUT2D eigenvalue weighted by atomic mass is 35.5. The van der Waals surface area contributed by atoms with E-state index in [-0.39, 0.29) is 5.56 Å². The Hall–Kier alpha value is -1.46. The van der Waals surface area contributed by atoms with Crippen LogP contribution in [0.1, 0.15) is 37.6 Å². The van der Waals surface area contributed by atoms with Crippen molar-refractivity contribution in [1.29, 1.82) is 0 Å². The van der Waals surface area contributed by atoms with E-state index in [1.807, 2.05) is 13.8 Å². The third-order valence-electron chi connectivity index (χ3n) is 3.24. The number of hydrogen-bond acceptors (Lipinski definition) is 2. The second-order valence-electron chi connectivity index (χ2n) is 4.73. The summed E-state index contributed by atoms with van der Waals surface area (Å²) in [4.78, 5) is 0. The highest BCUT2D eigenvalue weighted by Gasteiger charge is 2.25. The first-order valence-corrected chi connectivity index (χ1v) is 7.36. The van der Waals surface area contributed by atoms with E-state index in [1.165, 1.54) is 12.3 Å². The molecule has 0 fully saturated rings. The molecule has 1 aromatic heterocycles. The van der Waals surface area contributed by atoms with Crippen molar-refractivity contribution in [3.63, 3.8) is 0 Å². The van der Waals surface area contributed by atoms with Gasteiger partial charge in [-0.15, -0.1) is 0 Å². The van der Waals surface area contributed by atoms with E-state index in [0.29, 0.717) is 23.8 Å². The maximum absolute atomic E-state index is 14.1. The van der Waals surface area contributed by atoms with Gasteiger partial charge in [0.15, 0.2) is 11.6 Å². The highest BCUT2D eigenvalue weighted by Crippen LogP contribution is 2.30. The number of nitrogens with zero attached hydrogens (tertiary/aromatic N) is 2. The van der Waals surface area contributed by atoms with Gasteiger partial charge in [0.2, 0.25) is 0 Å². The molecule has 114 valence electrons. The van der Waals surface area contributed by atoms with E-state index < -0.39 is 17.7 Å². The molecule has 0 spiro atoms. The minimum Gasteiger partial charge on any atom is -0.305 e. The Bertz CT molecular complexity index is 613. The van der Waals surface area contributed by atoms with Crippen LogP contribution in [0.3, 0.4) is 0 Å². The molecule has 1 N–H and O–H groups in total. The van der Waals surface area contributed by atoms with Crippen molar-refractivity contribution in [1.82, 2.24) is 15.1 Å². The summed E-state index contributed by atoms with van der Waals surface area (Å²) in [7, 11) is 0. The van der Waals surface area contributed by atoms with Crippen molar-refractivity contribution in [2.75, 3.05) is 6.54 Å². The van der Waals surface area contributed by atoms with Gasteiger partial charge in [-0.25, -0.2) is 8.78 Å². The Morgan fingerprint density at radius 1 is 1.33 bits per heavy atom. The summed E-state index contributed by atoms with van der Waals surface area (Å²) in [6.07, 6.45) is 2.41. The number of halogens is 3. The minimum absolute atomic E-state index is 0.233. The molecular formula is C15H18ClF2N3. The zero-order chi connectivity index (χ0) is 15.4. The fourth-order valence-corrected chi connectivity index (χ4v) is 2.60. The Morgan fingerprint density at radius 2 is 2.10 bits per heavy atom. The van der Waals surface area contributed by atoms with E-state index in [4.69, 9.17) is 11.6 Å². The Balaban J connectivity index is 2.53. The van der Waals surface area contributed by atoms with E-state index in [1.54, 1.807) is 10.7 Å². The van der Waals surface area contributed by atoms with Gasteiger partial charge in [-0.05, 0) is 19.0 Å². The smallest absolute Gasteiger partial charge is 0.163 e. The topological polar surface area (TPSA) is 29.9 Å². The van der Waals surface area contributed by atoms with Crippen LogP contribution >= 0.6 is 11.6 Å². The molecule has 6 heteroatoms. The molecule has 1 aromatic carbocycles. The number of aromatic nitrogens is 2. The normalized spacial score (nSPS) is 12.6. The Labute approximate surface area is 127 Å². The number of rotatable bonds is 6. The maximum Gasteiger partial charge on any atom is 0.163 e. The number of benzene rings is 1. The lowest BCUT2D eigenvalue weighted by Crippen LogP contribution is -2.26. The fourth-order valence-electron chi connectivity index (χ4n) is 2.35. The molecule has 1 atom stereocenters. The molecule has 3 nitrogen and oxygen atoms in total. The molecule has 2 rings (SSSR count). The van der Waals surface area contributed by atoms with E-state index in [9.17, 15) is 8.78 Å². The molecule has 0 amide bonds. The van der Waals surface area contributed by atoms with E-state index >= 15 is 0 Å². The summed E-state index contributed by atoms with van der Waals surface area (Å²) >= 11 is 6.21. The largest absolute Gasteiger partial charge is 0.305 e. The first-order chi connectivity index (χ1) is 10.1. The van der Waals surface area contributed by atoms with Crippen LogP contribution in [0.2, 0.25) is 5.02 Å². The summed E-state index contributed by atoms with van der Waals surface area (Å²) in [5.41, 5.74) is 0.890. The molecule has 0 aliphatic carbocycles. The summed E-state index contributed by atoms with van der Waals surface area (Å²) in [5.74, 6) is -1.73. The quantitative estimate of drug-likeness (QED) is 0.876. The molecule has 0 radical (unpaired) electrons. The van der Waals surface area contributed by atoms with Crippen molar-refractivity contribution in [3.05, 3.63) is 52.3 Å². The van der Waals surface area contributed by atoms with Gasteiger partial charge in [0, 0.05) is 12.1 Å². The lowest BCUT2D eigenvalue weighted by atomic mass is 10.0.